The number of benzene rings is 1. The van der Waals surface area contributed by atoms with Crippen molar-refractivity contribution in [1.82, 2.24) is 9.97 Å². The van der Waals surface area contributed by atoms with E-state index in [4.69, 9.17) is 10.5 Å². The van der Waals surface area contributed by atoms with Crippen molar-refractivity contribution < 1.29 is 4.74 Å². The second-order valence-corrected chi connectivity index (χ2v) is 4.56. The number of aromatic nitrogens is 2. The number of ether oxygens (including phenoxy) is 1. The predicted octanol–water partition coefficient (Wildman–Crippen LogP) is 3.28. The summed E-state index contributed by atoms with van der Waals surface area (Å²) in [5, 5.41) is 0. The Balaban J connectivity index is 2.25. The van der Waals surface area contributed by atoms with Gasteiger partial charge >= 0.3 is 0 Å². The van der Waals surface area contributed by atoms with Gasteiger partial charge in [-0.3, -0.25) is 0 Å². The molecule has 0 aliphatic carbocycles. The van der Waals surface area contributed by atoms with Gasteiger partial charge in [-0.05, 0) is 36.6 Å². The molecule has 4 heteroatoms. The second-order valence-electron chi connectivity index (χ2n) is 4.56. The smallest absolute Gasteiger partial charge is 0.222 e. The minimum absolute atomic E-state index is 0.350. The zero-order valence-electron chi connectivity index (χ0n) is 10.8. The summed E-state index contributed by atoms with van der Waals surface area (Å²) >= 11 is 0. The molecule has 0 amide bonds. The molecule has 18 heavy (non-hydrogen) atoms. The quantitative estimate of drug-likeness (QED) is 0.840. The van der Waals surface area contributed by atoms with Gasteiger partial charge in [0.05, 0.1) is 5.69 Å². The normalized spacial score (nSPS) is 10.7. The van der Waals surface area contributed by atoms with E-state index in [-0.39, 0.29) is 0 Å². The first kappa shape index (κ1) is 12.4. The molecule has 0 aliphatic heterocycles. The van der Waals surface area contributed by atoms with E-state index in [0.717, 1.165) is 22.7 Å². The maximum absolute atomic E-state index is 5.75. The van der Waals surface area contributed by atoms with Gasteiger partial charge in [0.2, 0.25) is 5.88 Å². The van der Waals surface area contributed by atoms with Gasteiger partial charge in [0.1, 0.15) is 12.1 Å². The predicted molar refractivity (Wildman–Crippen MR) is 71.8 cm³/mol. The number of hydrogen-bond donors (Lipinski definition) is 1. The van der Waals surface area contributed by atoms with Gasteiger partial charge < -0.3 is 10.5 Å². The van der Waals surface area contributed by atoms with E-state index in [9.17, 15) is 0 Å². The molecule has 0 saturated heterocycles. The monoisotopic (exact) mass is 243 g/mol. The Kier molecular flexibility index (Phi) is 3.46. The summed E-state index contributed by atoms with van der Waals surface area (Å²) in [6.07, 6.45) is 1.53. The molecule has 1 aromatic carbocycles. The summed E-state index contributed by atoms with van der Waals surface area (Å²) in [5.74, 6) is 1.67. The van der Waals surface area contributed by atoms with E-state index in [1.54, 1.807) is 0 Å². The number of hydrogen-bond acceptors (Lipinski definition) is 4. The van der Waals surface area contributed by atoms with E-state index >= 15 is 0 Å². The van der Waals surface area contributed by atoms with Crippen LogP contribution in [-0.2, 0) is 0 Å². The number of anilines is 1. The largest absolute Gasteiger partial charge is 0.439 e. The number of nitrogens with zero attached hydrogens (tertiary/aromatic N) is 2. The molecule has 0 unspecified atom stereocenters. The van der Waals surface area contributed by atoms with Crippen LogP contribution in [0.1, 0.15) is 31.0 Å². The van der Waals surface area contributed by atoms with Crippen molar-refractivity contribution in [2.24, 2.45) is 0 Å². The van der Waals surface area contributed by atoms with Gasteiger partial charge in [-0.1, -0.05) is 13.8 Å². The highest BCUT2D eigenvalue weighted by Crippen LogP contribution is 2.26. The summed E-state index contributed by atoms with van der Waals surface area (Å²) in [7, 11) is 0. The van der Waals surface area contributed by atoms with Crippen LogP contribution < -0.4 is 10.5 Å². The third-order valence-electron chi connectivity index (χ3n) is 2.67. The summed E-state index contributed by atoms with van der Waals surface area (Å²) in [5.41, 5.74) is 8.38. The number of nitrogen functional groups attached to an aromatic ring is 1. The zero-order valence-corrected chi connectivity index (χ0v) is 10.8. The molecule has 4 nitrogen and oxygen atoms in total. The third-order valence-corrected chi connectivity index (χ3v) is 2.67. The average molecular weight is 243 g/mol. The highest BCUT2D eigenvalue weighted by molar-refractivity contribution is 5.48. The van der Waals surface area contributed by atoms with Crippen molar-refractivity contribution in [1.29, 1.82) is 0 Å². The van der Waals surface area contributed by atoms with Gasteiger partial charge in [-0.15, -0.1) is 0 Å². The Morgan fingerprint density at radius 1 is 1.17 bits per heavy atom. The van der Waals surface area contributed by atoms with Crippen LogP contribution in [0.4, 0.5) is 5.69 Å². The average Bonchev–Trinajstić information content (AvgIpc) is 2.33. The summed E-state index contributed by atoms with van der Waals surface area (Å²) in [6.45, 7) is 6.12. The van der Waals surface area contributed by atoms with Crippen molar-refractivity contribution >= 4 is 5.69 Å². The highest BCUT2D eigenvalue weighted by atomic mass is 16.5. The van der Waals surface area contributed by atoms with E-state index in [1.807, 2.05) is 31.2 Å². The SMILES string of the molecule is Cc1cc(N)ccc1Oc1cc(C(C)C)ncn1. The van der Waals surface area contributed by atoms with E-state index in [2.05, 4.69) is 23.8 Å². The molecule has 0 spiro atoms. The van der Waals surface area contributed by atoms with Crippen LogP contribution in [0.15, 0.2) is 30.6 Å². The highest BCUT2D eigenvalue weighted by Gasteiger charge is 2.06. The van der Waals surface area contributed by atoms with Gasteiger partial charge in [-0.25, -0.2) is 9.97 Å². The van der Waals surface area contributed by atoms with Gasteiger partial charge in [0.25, 0.3) is 0 Å². The Bertz CT molecular complexity index is 552. The summed E-state index contributed by atoms with van der Waals surface area (Å²) < 4.78 is 5.75. The number of rotatable bonds is 3. The Morgan fingerprint density at radius 3 is 2.61 bits per heavy atom. The lowest BCUT2D eigenvalue weighted by Gasteiger charge is -2.10. The fourth-order valence-corrected chi connectivity index (χ4v) is 1.62. The fraction of sp³-hybridized carbons (Fsp3) is 0.286. The Morgan fingerprint density at radius 2 is 1.94 bits per heavy atom. The van der Waals surface area contributed by atoms with E-state index in [1.165, 1.54) is 6.33 Å². The molecular formula is C14H17N3O. The van der Waals surface area contributed by atoms with E-state index in [0.29, 0.717) is 11.8 Å². The lowest BCUT2D eigenvalue weighted by Crippen LogP contribution is -1.97. The molecule has 2 aromatic rings. The second kappa shape index (κ2) is 5.04. The zero-order chi connectivity index (χ0) is 13.1. The van der Waals surface area contributed by atoms with Crippen LogP contribution in [0.25, 0.3) is 0 Å². The van der Waals surface area contributed by atoms with Crippen molar-refractivity contribution in [2.75, 3.05) is 5.73 Å². The fourth-order valence-electron chi connectivity index (χ4n) is 1.62. The van der Waals surface area contributed by atoms with Gasteiger partial charge in [0.15, 0.2) is 0 Å². The van der Waals surface area contributed by atoms with Crippen LogP contribution in [-0.4, -0.2) is 9.97 Å². The lowest BCUT2D eigenvalue weighted by atomic mass is 10.1. The maximum Gasteiger partial charge on any atom is 0.222 e. The molecular weight excluding hydrogens is 226 g/mol. The molecule has 0 radical (unpaired) electrons. The Labute approximate surface area is 107 Å². The van der Waals surface area contributed by atoms with Crippen molar-refractivity contribution in [3.63, 3.8) is 0 Å². The standard InChI is InChI=1S/C14H17N3O/c1-9(2)12-7-14(17-8-16-12)18-13-5-4-11(15)6-10(13)3/h4-9H,15H2,1-3H3. The van der Waals surface area contributed by atoms with Crippen molar-refractivity contribution in [3.05, 3.63) is 41.9 Å². The van der Waals surface area contributed by atoms with Gasteiger partial charge in [-0.2, -0.15) is 0 Å². The molecule has 0 fully saturated rings. The minimum Gasteiger partial charge on any atom is -0.439 e. The maximum atomic E-state index is 5.75. The Hall–Kier alpha value is -2.10. The van der Waals surface area contributed by atoms with Gasteiger partial charge in [0, 0.05) is 11.8 Å². The van der Waals surface area contributed by atoms with Crippen LogP contribution in [0.3, 0.4) is 0 Å². The first-order chi connectivity index (χ1) is 8.56. The third kappa shape index (κ3) is 2.77. The first-order valence-corrected chi connectivity index (χ1v) is 5.92. The minimum atomic E-state index is 0.350. The molecule has 1 heterocycles. The molecule has 1 aromatic heterocycles. The van der Waals surface area contributed by atoms with E-state index < -0.39 is 0 Å². The van der Waals surface area contributed by atoms with Crippen LogP contribution in [0, 0.1) is 6.92 Å². The molecule has 2 N–H and O–H groups in total. The molecule has 0 bridgehead atoms. The number of aryl methyl sites for hydroxylation is 1. The van der Waals surface area contributed by atoms with Crippen molar-refractivity contribution in [2.45, 2.75) is 26.7 Å². The molecule has 0 aliphatic rings. The molecule has 0 saturated carbocycles. The summed E-state index contributed by atoms with van der Waals surface area (Å²) in [6, 6.07) is 7.40. The summed E-state index contributed by atoms with van der Waals surface area (Å²) in [4.78, 5) is 8.32. The lowest BCUT2D eigenvalue weighted by molar-refractivity contribution is 0.456. The topological polar surface area (TPSA) is 61.0 Å². The molecule has 0 atom stereocenters. The van der Waals surface area contributed by atoms with Crippen LogP contribution in [0.5, 0.6) is 11.6 Å². The van der Waals surface area contributed by atoms with Crippen LogP contribution in [0.2, 0.25) is 0 Å². The first-order valence-electron chi connectivity index (χ1n) is 5.92. The molecule has 2 rings (SSSR count). The number of nitrogens with two attached hydrogens (primary N) is 1. The van der Waals surface area contributed by atoms with Crippen molar-refractivity contribution in [3.8, 4) is 11.6 Å². The molecule has 94 valence electrons. The van der Waals surface area contributed by atoms with Crippen LogP contribution >= 0.6 is 0 Å².